The predicted octanol–water partition coefficient (Wildman–Crippen LogP) is 5.48. The van der Waals surface area contributed by atoms with Gasteiger partial charge in [-0.2, -0.15) is 0 Å². The number of fused-ring (bicyclic) bond motifs is 1. The van der Waals surface area contributed by atoms with Crippen LogP contribution in [0.15, 0.2) is 48.5 Å². The summed E-state index contributed by atoms with van der Waals surface area (Å²) < 4.78 is 8.42. The number of carbonyl (C=O) groups is 1. The van der Waals surface area contributed by atoms with E-state index in [1.807, 2.05) is 19.1 Å². The fraction of sp³-hybridized carbons (Fsp3) is 0.462. The second kappa shape index (κ2) is 11.5. The van der Waals surface area contributed by atoms with Crippen LogP contribution in [-0.2, 0) is 17.8 Å². The Morgan fingerprint density at radius 1 is 1.06 bits per heavy atom. The average molecular weight is 422 g/mol. The molecule has 0 fully saturated rings. The monoisotopic (exact) mass is 421 g/mol. The predicted molar refractivity (Wildman–Crippen MR) is 127 cm³/mol. The van der Waals surface area contributed by atoms with Gasteiger partial charge in [0, 0.05) is 25.9 Å². The molecule has 3 aromatic rings. The third-order valence-electron chi connectivity index (χ3n) is 5.53. The molecule has 1 amide bonds. The van der Waals surface area contributed by atoms with Gasteiger partial charge < -0.3 is 14.6 Å². The molecule has 3 rings (SSSR count). The van der Waals surface area contributed by atoms with Crippen LogP contribution in [0.5, 0.6) is 5.75 Å². The fourth-order valence-corrected chi connectivity index (χ4v) is 3.81. The first-order chi connectivity index (χ1) is 15.1. The second-order valence-electron chi connectivity index (χ2n) is 8.22. The van der Waals surface area contributed by atoms with Gasteiger partial charge in [0.15, 0.2) is 0 Å². The lowest BCUT2D eigenvalue weighted by atomic mass is 10.0. The highest BCUT2D eigenvalue weighted by Crippen LogP contribution is 2.26. The Balaban J connectivity index is 1.55. The molecule has 1 N–H and O–H groups in total. The van der Waals surface area contributed by atoms with Gasteiger partial charge >= 0.3 is 0 Å². The van der Waals surface area contributed by atoms with E-state index in [-0.39, 0.29) is 5.91 Å². The minimum absolute atomic E-state index is 0.104. The standard InChI is InChI=1S/C26H35N3O2/c1-4-26(30)27-17-11-16-25-28-22-13-6-7-14-23(22)29(25)18-9-10-19-31-24-15-8-5-12-21(24)20(2)3/h5-8,12-15,20H,4,9-11,16-19H2,1-3H3,(H,27,30). The number of benzene rings is 2. The molecule has 0 bridgehead atoms. The minimum atomic E-state index is 0.104. The first kappa shape index (κ1) is 22.9. The molecule has 0 aliphatic rings. The van der Waals surface area contributed by atoms with Crippen molar-refractivity contribution in [2.45, 2.75) is 65.3 Å². The number of amides is 1. The van der Waals surface area contributed by atoms with Crippen LogP contribution in [0.25, 0.3) is 11.0 Å². The van der Waals surface area contributed by atoms with Crippen LogP contribution in [0, 0.1) is 0 Å². The van der Waals surface area contributed by atoms with E-state index >= 15 is 0 Å². The molecular weight excluding hydrogens is 386 g/mol. The smallest absolute Gasteiger partial charge is 0.219 e. The highest BCUT2D eigenvalue weighted by molar-refractivity contribution is 5.76. The van der Waals surface area contributed by atoms with Crippen molar-refractivity contribution >= 4 is 16.9 Å². The molecule has 166 valence electrons. The van der Waals surface area contributed by atoms with Crippen molar-refractivity contribution in [1.82, 2.24) is 14.9 Å². The summed E-state index contributed by atoms with van der Waals surface area (Å²) in [5.41, 5.74) is 3.49. The molecule has 0 atom stereocenters. The number of rotatable bonds is 12. The summed E-state index contributed by atoms with van der Waals surface area (Å²) in [6.07, 6.45) is 4.30. The number of aryl methyl sites for hydroxylation is 2. The third-order valence-corrected chi connectivity index (χ3v) is 5.53. The number of hydrogen-bond donors (Lipinski definition) is 1. The lowest BCUT2D eigenvalue weighted by molar-refractivity contribution is -0.120. The van der Waals surface area contributed by atoms with Crippen molar-refractivity contribution < 1.29 is 9.53 Å². The fourth-order valence-electron chi connectivity index (χ4n) is 3.81. The molecule has 0 unspecified atom stereocenters. The Kier molecular flexibility index (Phi) is 8.51. The Morgan fingerprint density at radius 2 is 1.84 bits per heavy atom. The number of para-hydroxylation sites is 3. The van der Waals surface area contributed by atoms with Crippen molar-refractivity contribution in [2.75, 3.05) is 13.2 Å². The summed E-state index contributed by atoms with van der Waals surface area (Å²) in [4.78, 5) is 16.3. The van der Waals surface area contributed by atoms with Crippen LogP contribution in [0.4, 0.5) is 0 Å². The van der Waals surface area contributed by atoms with Crippen LogP contribution in [0.3, 0.4) is 0 Å². The van der Waals surface area contributed by atoms with E-state index in [1.54, 1.807) is 0 Å². The maximum Gasteiger partial charge on any atom is 0.219 e. The highest BCUT2D eigenvalue weighted by Gasteiger charge is 2.11. The second-order valence-corrected chi connectivity index (χ2v) is 8.22. The average Bonchev–Trinajstić information content (AvgIpc) is 3.14. The Hall–Kier alpha value is -2.82. The summed E-state index contributed by atoms with van der Waals surface area (Å²) in [5, 5.41) is 2.95. The molecule has 0 aliphatic carbocycles. The van der Waals surface area contributed by atoms with E-state index in [9.17, 15) is 4.79 Å². The van der Waals surface area contributed by atoms with Gasteiger partial charge in [0.1, 0.15) is 11.6 Å². The van der Waals surface area contributed by atoms with Crippen LogP contribution in [0.2, 0.25) is 0 Å². The number of nitrogens with zero attached hydrogens (tertiary/aromatic N) is 2. The van der Waals surface area contributed by atoms with Crippen molar-refractivity contribution in [3.8, 4) is 5.75 Å². The first-order valence-electron chi connectivity index (χ1n) is 11.5. The van der Waals surface area contributed by atoms with Gasteiger partial charge in [0.2, 0.25) is 5.91 Å². The van der Waals surface area contributed by atoms with E-state index in [1.165, 1.54) is 11.1 Å². The van der Waals surface area contributed by atoms with Crippen molar-refractivity contribution in [3.05, 3.63) is 59.9 Å². The number of ether oxygens (including phenoxy) is 1. The minimum Gasteiger partial charge on any atom is -0.493 e. The molecule has 0 saturated carbocycles. The maximum atomic E-state index is 11.5. The Bertz CT molecular complexity index is 978. The van der Waals surface area contributed by atoms with Crippen molar-refractivity contribution in [2.24, 2.45) is 0 Å². The summed E-state index contributed by atoms with van der Waals surface area (Å²) in [5.74, 6) is 2.66. The number of imidazole rings is 1. The van der Waals surface area contributed by atoms with Crippen LogP contribution >= 0.6 is 0 Å². The Morgan fingerprint density at radius 3 is 2.65 bits per heavy atom. The van der Waals surface area contributed by atoms with E-state index in [2.05, 4.69) is 60.1 Å². The van der Waals surface area contributed by atoms with E-state index in [0.29, 0.717) is 18.9 Å². The number of hydrogen-bond acceptors (Lipinski definition) is 3. The van der Waals surface area contributed by atoms with Gasteiger partial charge in [-0.25, -0.2) is 4.98 Å². The molecule has 5 heteroatoms. The van der Waals surface area contributed by atoms with E-state index in [4.69, 9.17) is 9.72 Å². The highest BCUT2D eigenvalue weighted by atomic mass is 16.5. The summed E-state index contributed by atoms with van der Waals surface area (Å²) in [6, 6.07) is 16.6. The van der Waals surface area contributed by atoms with Crippen molar-refractivity contribution in [3.63, 3.8) is 0 Å². The molecule has 0 aliphatic heterocycles. The van der Waals surface area contributed by atoms with Crippen LogP contribution < -0.4 is 10.1 Å². The molecule has 1 heterocycles. The molecule has 0 radical (unpaired) electrons. The Labute approximate surface area is 185 Å². The maximum absolute atomic E-state index is 11.5. The molecule has 1 aromatic heterocycles. The third kappa shape index (κ3) is 6.33. The van der Waals surface area contributed by atoms with Gasteiger partial charge in [-0.05, 0) is 48.9 Å². The number of carbonyl (C=O) groups excluding carboxylic acids is 1. The van der Waals surface area contributed by atoms with Gasteiger partial charge in [0.05, 0.1) is 17.6 Å². The van der Waals surface area contributed by atoms with Gasteiger partial charge in [-0.3, -0.25) is 4.79 Å². The topological polar surface area (TPSA) is 56.2 Å². The molecular formula is C26H35N3O2. The SMILES string of the molecule is CCC(=O)NCCCc1nc2ccccc2n1CCCCOc1ccccc1C(C)C. The normalized spacial score (nSPS) is 11.2. The van der Waals surface area contributed by atoms with Crippen molar-refractivity contribution in [1.29, 1.82) is 0 Å². The van der Waals surface area contributed by atoms with E-state index in [0.717, 1.165) is 55.9 Å². The number of nitrogens with one attached hydrogen (secondary N) is 1. The molecule has 31 heavy (non-hydrogen) atoms. The van der Waals surface area contributed by atoms with E-state index < -0.39 is 0 Å². The van der Waals surface area contributed by atoms with Gasteiger partial charge in [-0.15, -0.1) is 0 Å². The zero-order valence-corrected chi connectivity index (χ0v) is 19.1. The molecule has 0 saturated heterocycles. The number of aromatic nitrogens is 2. The molecule has 2 aromatic carbocycles. The first-order valence-corrected chi connectivity index (χ1v) is 11.5. The lowest BCUT2D eigenvalue weighted by Crippen LogP contribution is -2.23. The zero-order chi connectivity index (χ0) is 22.1. The van der Waals surface area contributed by atoms with Gasteiger partial charge in [0.25, 0.3) is 0 Å². The molecule has 0 spiro atoms. The summed E-state index contributed by atoms with van der Waals surface area (Å²) >= 11 is 0. The zero-order valence-electron chi connectivity index (χ0n) is 19.1. The lowest BCUT2D eigenvalue weighted by Gasteiger charge is -2.14. The number of unbranched alkanes of at least 4 members (excludes halogenated alkanes) is 1. The largest absolute Gasteiger partial charge is 0.493 e. The molecule has 5 nitrogen and oxygen atoms in total. The quantitative estimate of drug-likeness (QED) is 0.394. The summed E-state index contributed by atoms with van der Waals surface area (Å²) in [6.45, 7) is 8.60. The van der Waals surface area contributed by atoms with Gasteiger partial charge in [-0.1, -0.05) is 51.1 Å². The van der Waals surface area contributed by atoms with Crippen LogP contribution in [-0.4, -0.2) is 28.6 Å². The van der Waals surface area contributed by atoms with Crippen LogP contribution in [0.1, 0.15) is 63.8 Å². The summed E-state index contributed by atoms with van der Waals surface area (Å²) in [7, 11) is 0.